The molecule has 1 aromatic carbocycles. The summed E-state index contributed by atoms with van der Waals surface area (Å²) < 4.78 is 23.0. The molecule has 4 nitrogen and oxygen atoms in total. The van der Waals surface area contributed by atoms with E-state index in [-0.39, 0.29) is 17.5 Å². The van der Waals surface area contributed by atoms with Crippen LogP contribution in [-0.2, 0) is 9.84 Å². The Balaban J connectivity index is 2.32. The van der Waals surface area contributed by atoms with E-state index in [1.54, 1.807) is 25.2 Å². The van der Waals surface area contributed by atoms with Crippen molar-refractivity contribution < 1.29 is 8.42 Å². The fourth-order valence-electron chi connectivity index (χ4n) is 2.17. The van der Waals surface area contributed by atoms with Crippen molar-refractivity contribution in [3.8, 4) is 6.07 Å². The van der Waals surface area contributed by atoms with Crippen LogP contribution in [0.1, 0.15) is 12.0 Å². The van der Waals surface area contributed by atoms with Crippen molar-refractivity contribution in [3.63, 3.8) is 0 Å². The van der Waals surface area contributed by atoms with E-state index in [1.807, 2.05) is 4.90 Å². The lowest BCUT2D eigenvalue weighted by Crippen LogP contribution is -2.33. The van der Waals surface area contributed by atoms with Gasteiger partial charge in [-0.3, -0.25) is 0 Å². The third-order valence-electron chi connectivity index (χ3n) is 3.22. The molecule has 0 aromatic heterocycles. The molecule has 96 valence electrons. The summed E-state index contributed by atoms with van der Waals surface area (Å²) >= 11 is 5.93. The Kier molecular flexibility index (Phi) is 3.51. The van der Waals surface area contributed by atoms with E-state index in [9.17, 15) is 8.42 Å². The molecule has 18 heavy (non-hydrogen) atoms. The first-order valence-electron chi connectivity index (χ1n) is 5.56. The average molecular weight is 285 g/mol. The zero-order valence-corrected chi connectivity index (χ0v) is 11.5. The minimum absolute atomic E-state index is 0.0828. The fourth-order valence-corrected chi connectivity index (χ4v) is 4.11. The van der Waals surface area contributed by atoms with Crippen LogP contribution in [0.15, 0.2) is 18.2 Å². The molecule has 1 aliphatic rings. The number of halogens is 1. The summed E-state index contributed by atoms with van der Waals surface area (Å²) in [5, 5.41) is 9.60. The molecule has 1 heterocycles. The summed E-state index contributed by atoms with van der Waals surface area (Å²) in [6.45, 7) is 0. The molecule has 0 N–H and O–H groups in total. The molecule has 0 radical (unpaired) electrons. The Morgan fingerprint density at radius 3 is 2.78 bits per heavy atom. The number of hydrogen-bond donors (Lipinski definition) is 0. The van der Waals surface area contributed by atoms with E-state index < -0.39 is 9.84 Å². The normalized spacial score (nSPS) is 21.5. The van der Waals surface area contributed by atoms with Crippen LogP contribution in [-0.4, -0.2) is 33.0 Å². The number of benzene rings is 1. The smallest absolute Gasteiger partial charge is 0.152 e. The molecule has 1 saturated heterocycles. The van der Waals surface area contributed by atoms with Gasteiger partial charge in [0.15, 0.2) is 9.84 Å². The summed E-state index contributed by atoms with van der Waals surface area (Å²) in [6.07, 6.45) is 0.593. The van der Waals surface area contributed by atoms with Gasteiger partial charge in [-0.05, 0) is 24.6 Å². The molecule has 0 bridgehead atoms. The third kappa shape index (κ3) is 2.60. The van der Waals surface area contributed by atoms with Crippen LogP contribution >= 0.6 is 11.6 Å². The van der Waals surface area contributed by atoms with Crippen molar-refractivity contribution in [3.05, 3.63) is 28.8 Å². The van der Waals surface area contributed by atoms with Crippen LogP contribution in [0.5, 0.6) is 0 Å². The Hall–Kier alpha value is -1.25. The van der Waals surface area contributed by atoms with Gasteiger partial charge in [-0.15, -0.1) is 0 Å². The number of anilines is 1. The predicted octanol–water partition coefficient (Wildman–Crippen LogP) is 1.83. The van der Waals surface area contributed by atoms with Crippen molar-refractivity contribution in [2.24, 2.45) is 0 Å². The standard InChI is InChI=1S/C12H13ClN2O2S/c1-15(11-4-5-18(16,17)8-11)12-6-10(13)3-2-9(12)7-14/h2-3,6,11H,4-5,8H2,1H3. The first kappa shape index (κ1) is 13.2. The highest BCUT2D eigenvalue weighted by molar-refractivity contribution is 7.91. The van der Waals surface area contributed by atoms with Crippen LogP contribution in [0.25, 0.3) is 0 Å². The molecule has 0 aliphatic carbocycles. The van der Waals surface area contributed by atoms with Gasteiger partial charge in [-0.2, -0.15) is 5.26 Å². The van der Waals surface area contributed by atoms with E-state index in [1.165, 1.54) is 0 Å². The zero-order valence-electron chi connectivity index (χ0n) is 9.93. The van der Waals surface area contributed by atoms with Crippen molar-refractivity contribution in [2.45, 2.75) is 12.5 Å². The van der Waals surface area contributed by atoms with Crippen molar-refractivity contribution in [1.82, 2.24) is 0 Å². The van der Waals surface area contributed by atoms with Gasteiger partial charge in [0.05, 0.1) is 22.8 Å². The lowest BCUT2D eigenvalue weighted by molar-refractivity contribution is 0.601. The molecule has 1 aliphatic heterocycles. The molecule has 1 fully saturated rings. The molecule has 2 rings (SSSR count). The Morgan fingerprint density at radius 2 is 2.22 bits per heavy atom. The minimum atomic E-state index is -2.94. The number of sulfone groups is 1. The quantitative estimate of drug-likeness (QED) is 0.831. The molecule has 1 unspecified atom stereocenters. The van der Waals surface area contributed by atoms with Gasteiger partial charge in [-0.1, -0.05) is 11.6 Å². The molecule has 6 heteroatoms. The van der Waals surface area contributed by atoms with Crippen LogP contribution in [0.4, 0.5) is 5.69 Å². The molecule has 1 aromatic rings. The van der Waals surface area contributed by atoms with Gasteiger partial charge < -0.3 is 4.90 Å². The Morgan fingerprint density at radius 1 is 1.50 bits per heavy atom. The molecule has 0 amide bonds. The third-order valence-corrected chi connectivity index (χ3v) is 5.20. The van der Waals surface area contributed by atoms with Gasteiger partial charge in [0, 0.05) is 18.1 Å². The molecule has 0 spiro atoms. The fraction of sp³-hybridized carbons (Fsp3) is 0.417. The van der Waals surface area contributed by atoms with Gasteiger partial charge in [0.2, 0.25) is 0 Å². The number of hydrogen-bond acceptors (Lipinski definition) is 4. The summed E-state index contributed by atoms with van der Waals surface area (Å²) in [6, 6.07) is 7.02. The number of rotatable bonds is 2. The highest BCUT2D eigenvalue weighted by atomic mass is 35.5. The SMILES string of the molecule is CN(c1cc(Cl)ccc1C#N)C1CCS(=O)(=O)C1. The molecule has 0 saturated carbocycles. The van der Waals surface area contributed by atoms with Crippen molar-refractivity contribution in [2.75, 3.05) is 23.5 Å². The van der Waals surface area contributed by atoms with Gasteiger partial charge in [-0.25, -0.2) is 8.42 Å². The Bertz CT molecular complexity index is 607. The molecule has 1 atom stereocenters. The Labute approximate surface area is 112 Å². The lowest BCUT2D eigenvalue weighted by Gasteiger charge is -2.26. The summed E-state index contributed by atoms with van der Waals surface area (Å²) in [4.78, 5) is 1.84. The average Bonchev–Trinajstić information content (AvgIpc) is 2.68. The van der Waals surface area contributed by atoms with E-state index in [4.69, 9.17) is 16.9 Å². The van der Waals surface area contributed by atoms with Crippen LogP contribution in [0.3, 0.4) is 0 Å². The van der Waals surface area contributed by atoms with Crippen molar-refractivity contribution >= 4 is 27.1 Å². The second kappa shape index (κ2) is 4.79. The number of nitrogens with zero attached hydrogens (tertiary/aromatic N) is 2. The van der Waals surface area contributed by atoms with Gasteiger partial charge >= 0.3 is 0 Å². The van der Waals surface area contributed by atoms with E-state index in [2.05, 4.69) is 6.07 Å². The zero-order chi connectivity index (χ0) is 13.3. The molecular formula is C12H13ClN2O2S. The number of nitriles is 1. The topological polar surface area (TPSA) is 61.2 Å². The van der Waals surface area contributed by atoms with E-state index in [0.717, 1.165) is 0 Å². The monoisotopic (exact) mass is 284 g/mol. The van der Waals surface area contributed by atoms with E-state index in [0.29, 0.717) is 22.7 Å². The summed E-state index contributed by atoms with van der Waals surface area (Å²) in [5.41, 5.74) is 1.19. The highest BCUT2D eigenvalue weighted by Gasteiger charge is 2.31. The maximum absolute atomic E-state index is 11.5. The maximum atomic E-state index is 11.5. The van der Waals surface area contributed by atoms with Crippen LogP contribution < -0.4 is 4.90 Å². The van der Waals surface area contributed by atoms with Gasteiger partial charge in [0.25, 0.3) is 0 Å². The minimum Gasteiger partial charge on any atom is -0.369 e. The lowest BCUT2D eigenvalue weighted by atomic mass is 10.1. The van der Waals surface area contributed by atoms with Crippen LogP contribution in [0.2, 0.25) is 5.02 Å². The first-order chi connectivity index (χ1) is 8.43. The second-order valence-corrected chi connectivity index (χ2v) is 7.11. The summed E-state index contributed by atoms with van der Waals surface area (Å²) in [5.74, 6) is 0.353. The largest absolute Gasteiger partial charge is 0.369 e. The van der Waals surface area contributed by atoms with Crippen molar-refractivity contribution in [1.29, 1.82) is 5.26 Å². The predicted molar refractivity (Wildman–Crippen MR) is 71.6 cm³/mol. The molecular weight excluding hydrogens is 272 g/mol. The summed E-state index contributed by atoms with van der Waals surface area (Å²) in [7, 11) is -1.13. The highest BCUT2D eigenvalue weighted by Crippen LogP contribution is 2.28. The van der Waals surface area contributed by atoms with Crippen LogP contribution in [0, 0.1) is 11.3 Å². The van der Waals surface area contributed by atoms with E-state index >= 15 is 0 Å². The maximum Gasteiger partial charge on any atom is 0.152 e. The second-order valence-electron chi connectivity index (χ2n) is 4.44. The first-order valence-corrected chi connectivity index (χ1v) is 7.76. The van der Waals surface area contributed by atoms with Gasteiger partial charge in [0.1, 0.15) is 6.07 Å².